The molecule has 0 saturated heterocycles. The SMILES string of the molecule is COc1cc(CN)cc(OC)c1OCc1ccncc1. The van der Waals surface area contributed by atoms with Crippen molar-refractivity contribution in [3.8, 4) is 17.2 Å². The molecule has 0 aliphatic heterocycles. The zero-order chi connectivity index (χ0) is 14.4. The second-order valence-corrected chi connectivity index (χ2v) is 4.18. The Morgan fingerprint density at radius 3 is 2.10 bits per heavy atom. The number of ether oxygens (including phenoxy) is 3. The first-order chi connectivity index (χ1) is 9.78. The van der Waals surface area contributed by atoms with Gasteiger partial charge in [0.05, 0.1) is 14.2 Å². The Balaban J connectivity index is 2.25. The highest BCUT2D eigenvalue weighted by Crippen LogP contribution is 2.38. The molecule has 0 aliphatic rings. The number of hydrogen-bond donors (Lipinski definition) is 1. The van der Waals surface area contributed by atoms with Crippen molar-refractivity contribution >= 4 is 0 Å². The summed E-state index contributed by atoms with van der Waals surface area (Å²) in [7, 11) is 3.18. The number of hydrogen-bond acceptors (Lipinski definition) is 5. The lowest BCUT2D eigenvalue weighted by Gasteiger charge is -2.15. The summed E-state index contributed by atoms with van der Waals surface area (Å²) in [4.78, 5) is 3.97. The molecule has 5 nitrogen and oxygen atoms in total. The van der Waals surface area contributed by atoms with Crippen LogP contribution in [-0.4, -0.2) is 19.2 Å². The molecule has 1 heterocycles. The minimum Gasteiger partial charge on any atom is -0.493 e. The summed E-state index contributed by atoms with van der Waals surface area (Å²) < 4.78 is 16.5. The van der Waals surface area contributed by atoms with Gasteiger partial charge in [0.1, 0.15) is 6.61 Å². The highest BCUT2D eigenvalue weighted by Gasteiger charge is 2.14. The van der Waals surface area contributed by atoms with Gasteiger partial charge in [-0.3, -0.25) is 4.98 Å². The summed E-state index contributed by atoms with van der Waals surface area (Å²) >= 11 is 0. The number of nitrogens with two attached hydrogens (primary N) is 1. The van der Waals surface area contributed by atoms with Gasteiger partial charge in [-0.2, -0.15) is 0 Å². The lowest BCUT2D eigenvalue weighted by Crippen LogP contribution is -2.03. The van der Waals surface area contributed by atoms with E-state index in [1.54, 1.807) is 26.6 Å². The number of pyridine rings is 1. The molecule has 0 unspecified atom stereocenters. The summed E-state index contributed by atoms with van der Waals surface area (Å²) in [6, 6.07) is 7.50. The van der Waals surface area contributed by atoms with E-state index in [1.165, 1.54) is 0 Å². The van der Waals surface area contributed by atoms with Crippen molar-refractivity contribution in [1.29, 1.82) is 0 Å². The maximum absolute atomic E-state index is 5.82. The molecule has 0 amide bonds. The van der Waals surface area contributed by atoms with Crippen LogP contribution >= 0.6 is 0 Å². The van der Waals surface area contributed by atoms with Crippen LogP contribution in [0.1, 0.15) is 11.1 Å². The molecule has 2 aromatic rings. The van der Waals surface area contributed by atoms with Crippen molar-refractivity contribution in [1.82, 2.24) is 4.98 Å². The summed E-state index contributed by atoms with van der Waals surface area (Å²) in [5, 5.41) is 0. The number of aromatic nitrogens is 1. The number of nitrogens with zero attached hydrogens (tertiary/aromatic N) is 1. The van der Waals surface area contributed by atoms with Gasteiger partial charge >= 0.3 is 0 Å². The van der Waals surface area contributed by atoms with Crippen LogP contribution in [0.3, 0.4) is 0 Å². The Hall–Kier alpha value is -2.27. The molecule has 0 fully saturated rings. The van der Waals surface area contributed by atoms with Crippen LogP contribution in [0.25, 0.3) is 0 Å². The number of methoxy groups -OCH3 is 2. The third kappa shape index (κ3) is 3.19. The topological polar surface area (TPSA) is 66.6 Å². The third-order valence-corrected chi connectivity index (χ3v) is 2.89. The molecule has 0 bridgehead atoms. The van der Waals surface area contributed by atoms with Crippen molar-refractivity contribution in [3.63, 3.8) is 0 Å². The fraction of sp³-hybridized carbons (Fsp3) is 0.267. The van der Waals surface area contributed by atoms with Crippen LogP contribution in [0.2, 0.25) is 0 Å². The average molecular weight is 274 g/mol. The van der Waals surface area contributed by atoms with Gasteiger partial charge in [0.2, 0.25) is 5.75 Å². The number of benzene rings is 1. The Morgan fingerprint density at radius 2 is 1.60 bits per heavy atom. The minimum atomic E-state index is 0.414. The zero-order valence-corrected chi connectivity index (χ0v) is 11.6. The molecule has 20 heavy (non-hydrogen) atoms. The molecular formula is C15H18N2O3. The highest BCUT2D eigenvalue weighted by molar-refractivity contribution is 5.53. The molecule has 0 saturated carbocycles. The number of rotatable bonds is 6. The molecule has 5 heteroatoms. The Morgan fingerprint density at radius 1 is 1.00 bits per heavy atom. The van der Waals surface area contributed by atoms with Gasteiger partial charge in [-0.05, 0) is 35.4 Å². The van der Waals surface area contributed by atoms with Crippen molar-refractivity contribution in [2.45, 2.75) is 13.2 Å². The fourth-order valence-electron chi connectivity index (χ4n) is 1.83. The second kappa shape index (κ2) is 6.77. The first-order valence-corrected chi connectivity index (χ1v) is 6.25. The summed E-state index contributed by atoms with van der Waals surface area (Å²) in [6.45, 7) is 0.828. The highest BCUT2D eigenvalue weighted by atomic mass is 16.5. The minimum absolute atomic E-state index is 0.414. The van der Waals surface area contributed by atoms with Gasteiger partial charge in [-0.25, -0.2) is 0 Å². The molecular weight excluding hydrogens is 256 g/mol. The zero-order valence-electron chi connectivity index (χ0n) is 11.6. The van der Waals surface area contributed by atoms with E-state index in [1.807, 2.05) is 24.3 Å². The molecule has 2 rings (SSSR count). The van der Waals surface area contributed by atoms with Gasteiger partial charge in [-0.1, -0.05) is 0 Å². The second-order valence-electron chi connectivity index (χ2n) is 4.18. The lowest BCUT2D eigenvalue weighted by atomic mass is 10.2. The molecule has 0 radical (unpaired) electrons. The average Bonchev–Trinajstić information content (AvgIpc) is 2.52. The van der Waals surface area contributed by atoms with E-state index in [0.29, 0.717) is 30.4 Å². The Kier molecular flexibility index (Phi) is 4.79. The van der Waals surface area contributed by atoms with Gasteiger partial charge in [-0.15, -0.1) is 0 Å². The first kappa shape index (κ1) is 14.1. The maximum atomic E-state index is 5.82. The Bertz CT molecular complexity index is 533. The van der Waals surface area contributed by atoms with E-state index in [9.17, 15) is 0 Å². The molecule has 2 N–H and O–H groups in total. The molecule has 1 aromatic heterocycles. The fourth-order valence-corrected chi connectivity index (χ4v) is 1.83. The van der Waals surface area contributed by atoms with E-state index in [2.05, 4.69) is 4.98 Å². The van der Waals surface area contributed by atoms with Crippen LogP contribution in [0.4, 0.5) is 0 Å². The summed E-state index contributed by atoms with van der Waals surface area (Å²) in [5.41, 5.74) is 7.60. The summed E-state index contributed by atoms with van der Waals surface area (Å²) in [5.74, 6) is 1.79. The van der Waals surface area contributed by atoms with Gasteiger partial charge in [0.25, 0.3) is 0 Å². The van der Waals surface area contributed by atoms with Crippen molar-refractivity contribution in [2.24, 2.45) is 5.73 Å². The quantitative estimate of drug-likeness (QED) is 0.874. The third-order valence-electron chi connectivity index (χ3n) is 2.89. The van der Waals surface area contributed by atoms with Crippen LogP contribution in [0.5, 0.6) is 17.2 Å². The molecule has 0 atom stereocenters. The van der Waals surface area contributed by atoms with Crippen molar-refractivity contribution in [2.75, 3.05) is 14.2 Å². The van der Waals surface area contributed by atoms with E-state index in [4.69, 9.17) is 19.9 Å². The maximum Gasteiger partial charge on any atom is 0.203 e. The smallest absolute Gasteiger partial charge is 0.203 e. The van der Waals surface area contributed by atoms with Crippen LogP contribution in [0.15, 0.2) is 36.7 Å². The van der Waals surface area contributed by atoms with Crippen molar-refractivity contribution in [3.05, 3.63) is 47.8 Å². The first-order valence-electron chi connectivity index (χ1n) is 6.25. The van der Waals surface area contributed by atoms with E-state index < -0.39 is 0 Å². The lowest BCUT2D eigenvalue weighted by molar-refractivity contribution is 0.265. The van der Waals surface area contributed by atoms with Crippen LogP contribution < -0.4 is 19.9 Å². The monoisotopic (exact) mass is 274 g/mol. The molecule has 106 valence electrons. The van der Waals surface area contributed by atoms with Crippen molar-refractivity contribution < 1.29 is 14.2 Å². The van der Waals surface area contributed by atoms with Gasteiger partial charge in [0, 0.05) is 18.9 Å². The van der Waals surface area contributed by atoms with Gasteiger partial charge < -0.3 is 19.9 Å². The van der Waals surface area contributed by atoms with E-state index >= 15 is 0 Å². The van der Waals surface area contributed by atoms with E-state index in [0.717, 1.165) is 11.1 Å². The largest absolute Gasteiger partial charge is 0.493 e. The molecule has 0 spiro atoms. The van der Waals surface area contributed by atoms with Gasteiger partial charge in [0.15, 0.2) is 11.5 Å². The normalized spacial score (nSPS) is 10.2. The molecule has 0 aliphatic carbocycles. The summed E-state index contributed by atoms with van der Waals surface area (Å²) in [6.07, 6.45) is 3.45. The molecule has 1 aromatic carbocycles. The van der Waals surface area contributed by atoms with Crippen LogP contribution in [-0.2, 0) is 13.2 Å². The Labute approximate surface area is 118 Å². The van der Waals surface area contributed by atoms with Crippen LogP contribution in [0, 0.1) is 0 Å². The standard InChI is InChI=1S/C15H18N2O3/c1-18-13-7-12(9-16)8-14(19-2)15(13)20-10-11-3-5-17-6-4-11/h3-8H,9-10,16H2,1-2H3. The predicted octanol–water partition coefficient (Wildman–Crippen LogP) is 2.14. The van der Waals surface area contributed by atoms with E-state index in [-0.39, 0.29) is 0 Å². The predicted molar refractivity (Wildman–Crippen MR) is 76.0 cm³/mol.